The van der Waals surface area contributed by atoms with Crippen LogP contribution in [0, 0.1) is 0 Å². The van der Waals surface area contributed by atoms with Crippen molar-refractivity contribution in [2.24, 2.45) is 0 Å². The highest BCUT2D eigenvalue weighted by Gasteiger charge is 2.49. The van der Waals surface area contributed by atoms with Crippen LogP contribution in [0.25, 0.3) is 0 Å². The number of hydrogen-bond donors (Lipinski definition) is 1. The predicted molar refractivity (Wildman–Crippen MR) is 93.7 cm³/mol. The normalized spacial score (nSPS) is 28.4. The van der Waals surface area contributed by atoms with E-state index in [0.29, 0.717) is 17.3 Å². The molecule has 6 nitrogen and oxygen atoms in total. The van der Waals surface area contributed by atoms with E-state index in [0.717, 1.165) is 42.7 Å². The first-order valence-corrected chi connectivity index (χ1v) is 8.94. The maximum atomic E-state index is 12.5. The fourth-order valence-corrected chi connectivity index (χ4v) is 4.90. The molecule has 1 aromatic carbocycles. The highest BCUT2D eigenvalue weighted by atomic mass is 16.7. The summed E-state index contributed by atoms with van der Waals surface area (Å²) in [6, 6.07) is 2.24. The van der Waals surface area contributed by atoms with Gasteiger partial charge >= 0.3 is 0 Å². The Morgan fingerprint density at radius 1 is 1.27 bits per heavy atom. The summed E-state index contributed by atoms with van der Waals surface area (Å²) in [7, 11) is 3.21. The molecule has 1 saturated heterocycles. The van der Waals surface area contributed by atoms with Crippen LogP contribution in [-0.2, 0) is 21.4 Å². The lowest BCUT2D eigenvalue weighted by atomic mass is 9.64. The fourth-order valence-electron chi connectivity index (χ4n) is 4.90. The summed E-state index contributed by atoms with van der Waals surface area (Å²) in [6.45, 7) is 1.06. The van der Waals surface area contributed by atoms with Gasteiger partial charge in [-0.1, -0.05) is 0 Å². The number of ether oxygens (including phenoxy) is 4. The molecule has 2 aliphatic heterocycles. The number of piperidine rings is 1. The number of aryl methyl sites for hydroxylation is 1. The first-order chi connectivity index (χ1) is 12.7. The van der Waals surface area contributed by atoms with Crippen LogP contribution in [0.4, 0.5) is 0 Å². The lowest BCUT2D eigenvalue weighted by molar-refractivity contribution is -0.114. The zero-order valence-corrected chi connectivity index (χ0v) is 14.9. The van der Waals surface area contributed by atoms with Gasteiger partial charge in [-0.2, -0.15) is 0 Å². The van der Waals surface area contributed by atoms with Gasteiger partial charge in [0.15, 0.2) is 17.3 Å². The Hall–Kier alpha value is -2.47. The molecule has 136 valence electrons. The zero-order valence-electron chi connectivity index (χ0n) is 14.9. The lowest BCUT2D eigenvalue weighted by Crippen LogP contribution is -2.49. The topological polar surface area (TPSA) is 66.0 Å². The molecule has 1 N–H and O–H groups in total. The first-order valence-electron chi connectivity index (χ1n) is 8.94. The van der Waals surface area contributed by atoms with Gasteiger partial charge in [0, 0.05) is 17.0 Å². The average molecular weight is 355 g/mol. The molecule has 1 fully saturated rings. The van der Waals surface area contributed by atoms with E-state index in [-0.39, 0.29) is 18.6 Å². The van der Waals surface area contributed by atoms with Gasteiger partial charge < -0.3 is 24.3 Å². The Morgan fingerprint density at radius 2 is 2.15 bits per heavy atom. The Bertz CT molecular complexity index is 871. The van der Waals surface area contributed by atoms with Gasteiger partial charge in [0.1, 0.15) is 0 Å². The number of hydrogen-bond acceptors (Lipinski definition) is 6. The van der Waals surface area contributed by atoms with Crippen LogP contribution in [0.3, 0.4) is 0 Å². The summed E-state index contributed by atoms with van der Waals surface area (Å²) in [4.78, 5) is 12.5. The average Bonchev–Trinajstić information content (AvgIpc) is 3.10. The Kier molecular flexibility index (Phi) is 3.34. The van der Waals surface area contributed by atoms with Crippen molar-refractivity contribution in [3.05, 3.63) is 40.7 Å². The van der Waals surface area contributed by atoms with Crippen LogP contribution in [0.15, 0.2) is 29.6 Å². The van der Waals surface area contributed by atoms with Gasteiger partial charge in [-0.05, 0) is 55.2 Å². The number of carbonyl (C=O) groups is 1. The van der Waals surface area contributed by atoms with E-state index in [4.69, 9.17) is 18.9 Å². The fraction of sp³-hybridized carbons (Fsp3) is 0.450. The van der Waals surface area contributed by atoms with Crippen LogP contribution < -0.4 is 19.5 Å². The van der Waals surface area contributed by atoms with Gasteiger partial charge in [0.05, 0.1) is 14.2 Å². The molecule has 0 saturated carbocycles. The number of ketones is 1. The van der Waals surface area contributed by atoms with Crippen molar-refractivity contribution in [2.75, 3.05) is 27.6 Å². The first kappa shape index (κ1) is 15.8. The van der Waals surface area contributed by atoms with E-state index in [1.165, 1.54) is 5.56 Å². The second-order valence-corrected chi connectivity index (χ2v) is 7.12. The smallest absolute Gasteiger partial charge is 0.231 e. The summed E-state index contributed by atoms with van der Waals surface area (Å²) in [5.41, 5.74) is 2.95. The molecule has 2 atom stereocenters. The van der Waals surface area contributed by atoms with Crippen molar-refractivity contribution >= 4 is 5.78 Å². The Labute approximate surface area is 151 Å². The van der Waals surface area contributed by atoms with Crippen molar-refractivity contribution in [2.45, 2.75) is 30.7 Å². The zero-order chi connectivity index (χ0) is 17.9. The summed E-state index contributed by atoms with van der Waals surface area (Å²) >= 11 is 0. The Morgan fingerprint density at radius 3 is 2.96 bits per heavy atom. The van der Waals surface area contributed by atoms with E-state index in [1.54, 1.807) is 20.3 Å². The quantitative estimate of drug-likeness (QED) is 0.875. The predicted octanol–water partition coefficient (Wildman–Crippen LogP) is 2.01. The van der Waals surface area contributed by atoms with Gasteiger partial charge in [0.25, 0.3) is 0 Å². The van der Waals surface area contributed by atoms with Crippen LogP contribution >= 0.6 is 0 Å². The number of rotatable bonds is 2. The monoisotopic (exact) mass is 355 g/mol. The molecule has 0 radical (unpaired) electrons. The number of methoxy groups -OCH3 is 2. The minimum atomic E-state index is -0.423. The Balaban J connectivity index is 1.84. The van der Waals surface area contributed by atoms with E-state index >= 15 is 0 Å². The van der Waals surface area contributed by atoms with Crippen LogP contribution in [0.5, 0.6) is 17.2 Å². The van der Waals surface area contributed by atoms with Crippen molar-refractivity contribution in [3.63, 3.8) is 0 Å². The molecular weight excluding hydrogens is 334 g/mol. The molecule has 1 unspecified atom stereocenters. The van der Waals surface area contributed by atoms with Crippen LogP contribution in [0.1, 0.15) is 24.0 Å². The molecule has 5 rings (SSSR count). The summed E-state index contributed by atoms with van der Waals surface area (Å²) in [5, 5.41) is 3.57. The van der Waals surface area contributed by atoms with Crippen LogP contribution in [0.2, 0.25) is 0 Å². The third-order valence-electron chi connectivity index (χ3n) is 5.98. The number of allylic oxidation sites excluding steroid dienone is 2. The maximum Gasteiger partial charge on any atom is 0.231 e. The van der Waals surface area contributed by atoms with Crippen molar-refractivity contribution < 1.29 is 23.7 Å². The van der Waals surface area contributed by atoms with E-state index in [1.807, 2.05) is 6.08 Å². The SMILES string of the molecule is COC1=CC23CCN[C@@H](CCc4cc5c(c(OC)c42)OCO5)C3=CC1=O. The second kappa shape index (κ2) is 5.51. The molecule has 6 heteroatoms. The molecule has 0 amide bonds. The standard InChI is InChI=1S/C20H21NO5/c1-23-16-9-20-5-6-21-13(12(20)8-14(16)22)4-3-11-7-15-18(26-10-25-15)19(24-2)17(11)20/h7-9,13,21H,3-6,10H2,1-2H3/t13-,20?/m0/s1. The molecule has 2 bridgehead atoms. The molecule has 26 heavy (non-hydrogen) atoms. The van der Waals surface area contributed by atoms with E-state index in [2.05, 4.69) is 11.4 Å². The minimum absolute atomic E-state index is 0.0741. The second-order valence-electron chi connectivity index (χ2n) is 7.12. The maximum absolute atomic E-state index is 12.5. The third kappa shape index (κ3) is 1.93. The van der Waals surface area contributed by atoms with Crippen molar-refractivity contribution in [3.8, 4) is 17.2 Å². The molecule has 0 spiro atoms. The molecule has 4 aliphatic rings. The number of nitrogens with one attached hydrogen (secondary N) is 1. The van der Waals surface area contributed by atoms with E-state index in [9.17, 15) is 4.79 Å². The minimum Gasteiger partial charge on any atom is -0.493 e. The lowest BCUT2D eigenvalue weighted by Gasteiger charge is -2.44. The molecular formula is C20H21NO5. The summed E-state index contributed by atoms with van der Waals surface area (Å²) < 4.78 is 22.6. The highest BCUT2D eigenvalue weighted by Crippen LogP contribution is 2.56. The van der Waals surface area contributed by atoms with Gasteiger partial charge in [-0.25, -0.2) is 0 Å². The molecule has 2 aliphatic carbocycles. The van der Waals surface area contributed by atoms with Crippen molar-refractivity contribution in [1.82, 2.24) is 5.32 Å². The number of carbonyl (C=O) groups excluding carboxylic acids is 1. The van der Waals surface area contributed by atoms with Gasteiger partial charge in [0.2, 0.25) is 18.3 Å². The highest BCUT2D eigenvalue weighted by molar-refractivity contribution is 6.05. The number of fused-ring (bicyclic) bond motifs is 2. The largest absolute Gasteiger partial charge is 0.493 e. The van der Waals surface area contributed by atoms with Gasteiger partial charge in [-0.15, -0.1) is 0 Å². The van der Waals surface area contributed by atoms with Gasteiger partial charge in [-0.3, -0.25) is 4.79 Å². The molecule has 1 aromatic rings. The van der Waals surface area contributed by atoms with Crippen LogP contribution in [-0.4, -0.2) is 39.4 Å². The third-order valence-corrected chi connectivity index (χ3v) is 5.98. The molecule has 0 aromatic heterocycles. The molecule has 2 heterocycles. The van der Waals surface area contributed by atoms with E-state index < -0.39 is 5.41 Å². The summed E-state index contributed by atoms with van der Waals surface area (Å²) in [5.74, 6) is 2.41. The van der Waals surface area contributed by atoms with Crippen molar-refractivity contribution in [1.29, 1.82) is 0 Å². The number of benzene rings is 1. The summed E-state index contributed by atoms with van der Waals surface area (Å²) in [6.07, 6.45) is 6.39.